The van der Waals surface area contributed by atoms with Gasteiger partial charge in [0.05, 0.1) is 7.11 Å². The number of amides is 2. The van der Waals surface area contributed by atoms with Crippen LogP contribution in [0.3, 0.4) is 0 Å². The number of hydrogen-bond acceptors (Lipinski definition) is 4. The van der Waals surface area contributed by atoms with E-state index in [1.54, 1.807) is 18.9 Å². The van der Waals surface area contributed by atoms with Crippen molar-refractivity contribution >= 4 is 23.4 Å². The Labute approximate surface area is 207 Å². The molecule has 6 nitrogen and oxygen atoms in total. The van der Waals surface area contributed by atoms with Gasteiger partial charge in [0.2, 0.25) is 5.91 Å². The minimum atomic E-state index is -0.631. The van der Waals surface area contributed by atoms with Gasteiger partial charge < -0.3 is 19.7 Å². The Morgan fingerprint density at radius 2 is 1.68 bits per heavy atom. The van der Waals surface area contributed by atoms with Gasteiger partial charge in [0, 0.05) is 17.6 Å². The van der Waals surface area contributed by atoms with Gasteiger partial charge in [-0.05, 0) is 74.6 Å². The van der Waals surface area contributed by atoms with Crippen LogP contribution in [0.25, 0.3) is 0 Å². The Morgan fingerprint density at radius 1 is 1.06 bits per heavy atom. The number of halogens is 1. The summed E-state index contributed by atoms with van der Waals surface area (Å²) in [6, 6.07) is 10.7. The summed E-state index contributed by atoms with van der Waals surface area (Å²) >= 11 is 6.25. The molecular weight excluding hydrogens is 452 g/mol. The summed E-state index contributed by atoms with van der Waals surface area (Å²) in [5, 5.41) is 3.83. The van der Waals surface area contributed by atoms with Crippen molar-refractivity contribution in [1.29, 1.82) is 0 Å². The van der Waals surface area contributed by atoms with Crippen molar-refractivity contribution in [2.24, 2.45) is 0 Å². The number of rotatable bonds is 9. The lowest BCUT2D eigenvalue weighted by atomic mass is 9.95. The smallest absolute Gasteiger partial charge is 0.261 e. The molecule has 1 aliphatic carbocycles. The van der Waals surface area contributed by atoms with E-state index in [4.69, 9.17) is 21.1 Å². The molecule has 1 unspecified atom stereocenters. The molecule has 1 saturated carbocycles. The maximum atomic E-state index is 13.3. The zero-order chi connectivity index (χ0) is 24.7. The van der Waals surface area contributed by atoms with E-state index in [-0.39, 0.29) is 24.5 Å². The Balaban J connectivity index is 1.73. The highest BCUT2D eigenvalue weighted by Gasteiger charge is 2.28. The Morgan fingerprint density at radius 3 is 2.26 bits per heavy atom. The molecule has 1 aliphatic rings. The molecule has 184 valence electrons. The quantitative estimate of drug-likeness (QED) is 0.528. The van der Waals surface area contributed by atoms with E-state index >= 15 is 0 Å². The van der Waals surface area contributed by atoms with Crippen LogP contribution in [-0.4, -0.2) is 42.5 Å². The number of carbonyl (C=O) groups excluding carboxylic acids is 2. The number of nitrogens with one attached hydrogen (secondary N) is 1. The van der Waals surface area contributed by atoms with Crippen molar-refractivity contribution in [2.45, 2.75) is 71.5 Å². The van der Waals surface area contributed by atoms with Gasteiger partial charge in [0.15, 0.2) is 6.61 Å². The molecule has 1 atom stereocenters. The van der Waals surface area contributed by atoms with Gasteiger partial charge in [0.25, 0.3) is 5.91 Å². The van der Waals surface area contributed by atoms with E-state index < -0.39 is 6.04 Å². The van der Waals surface area contributed by atoms with Crippen LogP contribution in [0, 0.1) is 13.8 Å². The molecule has 3 rings (SSSR count). The minimum Gasteiger partial charge on any atom is -0.497 e. The third kappa shape index (κ3) is 6.89. The van der Waals surface area contributed by atoms with Crippen LogP contribution in [-0.2, 0) is 16.1 Å². The molecule has 1 N–H and O–H groups in total. The molecule has 0 radical (unpaired) electrons. The second kappa shape index (κ2) is 12.1. The average molecular weight is 487 g/mol. The highest BCUT2D eigenvalue weighted by atomic mass is 35.5. The maximum Gasteiger partial charge on any atom is 0.261 e. The van der Waals surface area contributed by atoms with Crippen LogP contribution in [0.1, 0.15) is 55.7 Å². The summed E-state index contributed by atoms with van der Waals surface area (Å²) in [6.07, 6.45) is 5.45. The van der Waals surface area contributed by atoms with Crippen LogP contribution in [0.5, 0.6) is 11.5 Å². The molecule has 0 saturated heterocycles. The van der Waals surface area contributed by atoms with Crippen molar-refractivity contribution in [3.8, 4) is 11.5 Å². The number of benzene rings is 2. The number of hydrogen-bond donors (Lipinski definition) is 1. The molecule has 0 bridgehead atoms. The highest BCUT2D eigenvalue weighted by molar-refractivity contribution is 6.32. The van der Waals surface area contributed by atoms with Crippen molar-refractivity contribution in [3.05, 3.63) is 58.1 Å². The molecular formula is C27H35ClN2O4. The number of ether oxygens (including phenoxy) is 2. The normalized spacial score (nSPS) is 14.9. The molecule has 0 aromatic heterocycles. The molecule has 7 heteroatoms. The van der Waals surface area contributed by atoms with Crippen LogP contribution in [0.15, 0.2) is 36.4 Å². The van der Waals surface area contributed by atoms with E-state index in [0.29, 0.717) is 17.3 Å². The van der Waals surface area contributed by atoms with Gasteiger partial charge >= 0.3 is 0 Å². The topological polar surface area (TPSA) is 67.9 Å². The molecule has 0 spiro atoms. The van der Waals surface area contributed by atoms with Crippen molar-refractivity contribution < 1.29 is 19.1 Å². The van der Waals surface area contributed by atoms with E-state index in [1.165, 1.54) is 6.42 Å². The summed E-state index contributed by atoms with van der Waals surface area (Å²) in [5.41, 5.74) is 2.68. The molecule has 2 amide bonds. The summed E-state index contributed by atoms with van der Waals surface area (Å²) in [7, 11) is 1.61. The van der Waals surface area contributed by atoms with Crippen LogP contribution in [0.4, 0.5) is 0 Å². The fourth-order valence-corrected chi connectivity index (χ4v) is 4.41. The Bertz CT molecular complexity index is 964. The summed E-state index contributed by atoms with van der Waals surface area (Å²) in [6.45, 7) is 5.70. The fraction of sp³-hybridized carbons (Fsp3) is 0.481. The van der Waals surface area contributed by atoms with E-state index in [0.717, 1.165) is 48.1 Å². The van der Waals surface area contributed by atoms with Crippen molar-refractivity contribution in [1.82, 2.24) is 10.2 Å². The second-order valence-corrected chi connectivity index (χ2v) is 9.43. The zero-order valence-electron chi connectivity index (χ0n) is 20.5. The van der Waals surface area contributed by atoms with E-state index in [9.17, 15) is 9.59 Å². The van der Waals surface area contributed by atoms with Crippen LogP contribution in [0.2, 0.25) is 5.02 Å². The lowest BCUT2D eigenvalue weighted by molar-refractivity contribution is -0.142. The van der Waals surface area contributed by atoms with Gasteiger partial charge in [-0.3, -0.25) is 9.59 Å². The van der Waals surface area contributed by atoms with E-state index in [1.807, 2.05) is 50.2 Å². The number of aryl methyl sites for hydroxylation is 2. The lowest BCUT2D eigenvalue weighted by Crippen LogP contribution is -2.51. The van der Waals surface area contributed by atoms with Gasteiger partial charge in [-0.25, -0.2) is 0 Å². The molecule has 34 heavy (non-hydrogen) atoms. The number of carbonyl (C=O) groups is 2. The molecule has 0 aliphatic heterocycles. The predicted molar refractivity (Wildman–Crippen MR) is 134 cm³/mol. The highest BCUT2D eigenvalue weighted by Crippen LogP contribution is 2.26. The summed E-state index contributed by atoms with van der Waals surface area (Å²) in [4.78, 5) is 27.9. The maximum absolute atomic E-state index is 13.3. The Hall–Kier alpha value is -2.73. The van der Waals surface area contributed by atoms with Crippen LogP contribution < -0.4 is 14.8 Å². The van der Waals surface area contributed by atoms with Gasteiger partial charge in [-0.15, -0.1) is 0 Å². The largest absolute Gasteiger partial charge is 0.497 e. The predicted octanol–water partition coefficient (Wildman–Crippen LogP) is 5.21. The minimum absolute atomic E-state index is 0.132. The molecule has 1 fully saturated rings. The number of methoxy groups -OCH3 is 1. The molecule has 2 aromatic carbocycles. The zero-order valence-corrected chi connectivity index (χ0v) is 21.3. The fourth-order valence-electron chi connectivity index (χ4n) is 4.30. The third-order valence-corrected chi connectivity index (χ3v) is 7.00. The monoisotopic (exact) mass is 486 g/mol. The lowest BCUT2D eigenvalue weighted by Gasteiger charge is -2.31. The summed E-state index contributed by atoms with van der Waals surface area (Å²) < 4.78 is 11.1. The molecule has 2 aromatic rings. The van der Waals surface area contributed by atoms with Crippen LogP contribution >= 0.6 is 11.6 Å². The second-order valence-electron chi connectivity index (χ2n) is 9.05. The Kier molecular flexibility index (Phi) is 9.22. The van der Waals surface area contributed by atoms with Crippen molar-refractivity contribution in [3.63, 3.8) is 0 Å². The number of nitrogens with zero attached hydrogens (tertiary/aromatic N) is 1. The average Bonchev–Trinajstić information content (AvgIpc) is 2.84. The third-order valence-electron chi connectivity index (χ3n) is 6.40. The summed E-state index contributed by atoms with van der Waals surface area (Å²) in [5.74, 6) is 0.928. The van der Waals surface area contributed by atoms with Gasteiger partial charge in [-0.1, -0.05) is 43.0 Å². The molecule has 0 heterocycles. The van der Waals surface area contributed by atoms with Gasteiger partial charge in [-0.2, -0.15) is 0 Å². The first-order chi connectivity index (χ1) is 16.3. The van der Waals surface area contributed by atoms with Gasteiger partial charge in [0.1, 0.15) is 17.5 Å². The SMILES string of the molecule is COc1ccc(CN(C(=O)COc2cc(C)c(Cl)c(C)c2)C(C)C(=O)NC2CCCCC2)cc1. The first-order valence-corrected chi connectivity index (χ1v) is 12.3. The first-order valence-electron chi connectivity index (χ1n) is 11.9. The standard InChI is InChI=1S/C27H35ClN2O4/c1-18-14-24(15-19(2)26(18)28)34-17-25(31)30(16-21-10-12-23(33-4)13-11-21)20(3)27(32)29-22-8-6-5-7-9-22/h10-15,20,22H,5-9,16-17H2,1-4H3,(H,29,32). The first kappa shape index (κ1) is 25.9. The van der Waals surface area contributed by atoms with E-state index in [2.05, 4.69) is 5.32 Å². The van der Waals surface area contributed by atoms with Crippen molar-refractivity contribution in [2.75, 3.05) is 13.7 Å².